The van der Waals surface area contributed by atoms with Gasteiger partial charge in [-0.2, -0.15) is 11.8 Å². The molecule has 0 unspecified atom stereocenters. The molecule has 0 aliphatic rings. The van der Waals surface area contributed by atoms with Crippen molar-refractivity contribution in [1.29, 1.82) is 0 Å². The van der Waals surface area contributed by atoms with E-state index in [0.717, 1.165) is 24.7 Å². The van der Waals surface area contributed by atoms with Crippen LogP contribution in [0, 0.1) is 0 Å². The first-order valence-electron chi connectivity index (χ1n) is 5.30. The third kappa shape index (κ3) is 6.40. The van der Waals surface area contributed by atoms with Crippen LogP contribution in [0.2, 0.25) is 0 Å². The molecule has 0 fully saturated rings. The van der Waals surface area contributed by atoms with Crippen molar-refractivity contribution < 1.29 is 0 Å². The summed E-state index contributed by atoms with van der Waals surface area (Å²) in [6.07, 6.45) is 3.81. The van der Waals surface area contributed by atoms with Crippen LogP contribution >= 0.6 is 24.2 Å². The predicted molar refractivity (Wildman–Crippen MR) is 74.4 cm³/mol. The summed E-state index contributed by atoms with van der Waals surface area (Å²) in [7, 11) is 2.02. The van der Waals surface area contributed by atoms with Gasteiger partial charge in [-0.05, 0) is 0 Å². The van der Waals surface area contributed by atoms with Crippen molar-refractivity contribution in [1.82, 2.24) is 14.9 Å². The fourth-order valence-corrected chi connectivity index (χ4v) is 2.06. The van der Waals surface area contributed by atoms with Gasteiger partial charge in [-0.25, -0.2) is 4.98 Å². The number of nitrogens with zero attached hydrogens (tertiary/aromatic N) is 2. The number of imidazole rings is 1. The quantitative estimate of drug-likeness (QED) is 0.828. The molecular weight excluding hydrogens is 242 g/mol. The van der Waals surface area contributed by atoms with Gasteiger partial charge in [0.25, 0.3) is 0 Å². The first-order chi connectivity index (χ1) is 6.99. The highest BCUT2D eigenvalue weighted by molar-refractivity contribution is 8.00. The molecule has 3 nitrogen and oxygen atoms in total. The molecule has 0 bridgehead atoms. The second-order valence-electron chi connectivity index (χ2n) is 4.59. The summed E-state index contributed by atoms with van der Waals surface area (Å²) in [6.45, 7) is 8.63. The minimum Gasteiger partial charge on any atom is -0.337 e. The monoisotopic (exact) mass is 263 g/mol. The summed E-state index contributed by atoms with van der Waals surface area (Å²) in [5.74, 6) is 2.24. The highest BCUT2D eigenvalue weighted by atomic mass is 35.5. The molecule has 0 aliphatic heterocycles. The van der Waals surface area contributed by atoms with E-state index in [0.29, 0.717) is 4.75 Å². The molecule has 0 amide bonds. The highest BCUT2D eigenvalue weighted by Gasteiger charge is 2.09. The van der Waals surface area contributed by atoms with Gasteiger partial charge in [0.2, 0.25) is 0 Å². The molecule has 0 aromatic carbocycles. The number of rotatable bonds is 5. The maximum Gasteiger partial charge on any atom is 0.122 e. The Morgan fingerprint density at radius 2 is 2.12 bits per heavy atom. The number of halogens is 1. The second kappa shape index (κ2) is 7.20. The van der Waals surface area contributed by atoms with Crippen molar-refractivity contribution in [3.63, 3.8) is 0 Å². The molecule has 94 valence electrons. The zero-order chi connectivity index (χ0) is 11.3. The van der Waals surface area contributed by atoms with Crippen LogP contribution in [0.1, 0.15) is 26.6 Å². The molecule has 0 radical (unpaired) electrons. The number of aromatic nitrogens is 2. The van der Waals surface area contributed by atoms with Crippen LogP contribution in [0.25, 0.3) is 0 Å². The fraction of sp³-hybridized carbons (Fsp3) is 0.727. The molecule has 0 saturated carbocycles. The summed E-state index contributed by atoms with van der Waals surface area (Å²) >= 11 is 1.99. The Labute approximate surface area is 109 Å². The Bertz CT molecular complexity index is 294. The van der Waals surface area contributed by atoms with Crippen LogP contribution in [0.15, 0.2) is 12.4 Å². The SMILES string of the molecule is Cl.Cn1ccnc1CNCCSC(C)(C)C. The summed E-state index contributed by atoms with van der Waals surface area (Å²) < 4.78 is 2.41. The molecule has 1 aromatic rings. The lowest BCUT2D eigenvalue weighted by Crippen LogP contribution is -2.21. The van der Waals surface area contributed by atoms with E-state index in [9.17, 15) is 0 Å². The zero-order valence-electron chi connectivity index (χ0n) is 10.5. The molecular formula is C11H22ClN3S. The van der Waals surface area contributed by atoms with E-state index < -0.39 is 0 Å². The van der Waals surface area contributed by atoms with Crippen LogP contribution in [0.5, 0.6) is 0 Å². The molecule has 0 atom stereocenters. The molecule has 1 rings (SSSR count). The summed E-state index contributed by atoms with van der Waals surface area (Å²) in [5.41, 5.74) is 0. The first kappa shape index (κ1) is 15.8. The Morgan fingerprint density at radius 3 is 2.62 bits per heavy atom. The van der Waals surface area contributed by atoms with E-state index in [-0.39, 0.29) is 12.4 Å². The number of hydrogen-bond acceptors (Lipinski definition) is 3. The van der Waals surface area contributed by atoms with E-state index in [1.54, 1.807) is 0 Å². The molecule has 1 N–H and O–H groups in total. The lowest BCUT2D eigenvalue weighted by molar-refractivity contribution is 0.663. The smallest absolute Gasteiger partial charge is 0.122 e. The Balaban J connectivity index is 0.00000225. The average Bonchev–Trinajstić information content (AvgIpc) is 2.49. The van der Waals surface area contributed by atoms with E-state index in [1.807, 2.05) is 35.8 Å². The third-order valence-corrected chi connectivity index (χ3v) is 3.29. The van der Waals surface area contributed by atoms with Gasteiger partial charge in [0.15, 0.2) is 0 Å². The van der Waals surface area contributed by atoms with Crippen molar-refractivity contribution in [2.75, 3.05) is 12.3 Å². The Morgan fingerprint density at radius 1 is 1.44 bits per heavy atom. The maximum atomic E-state index is 4.26. The van der Waals surface area contributed by atoms with Gasteiger partial charge in [0, 0.05) is 36.5 Å². The van der Waals surface area contributed by atoms with Crippen molar-refractivity contribution in [3.8, 4) is 0 Å². The molecule has 1 aromatic heterocycles. The van der Waals surface area contributed by atoms with E-state index in [1.165, 1.54) is 0 Å². The Kier molecular flexibility index (Phi) is 7.11. The maximum absolute atomic E-state index is 4.26. The second-order valence-corrected chi connectivity index (χ2v) is 6.51. The normalized spacial score (nSPS) is 11.2. The standard InChI is InChI=1S/C11H21N3S.ClH/c1-11(2,3)15-8-6-12-9-10-13-5-7-14(10)4;/h5,7,12H,6,8-9H2,1-4H3;1H. The topological polar surface area (TPSA) is 29.9 Å². The first-order valence-corrected chi connectivity index (χ1v) is 6.28. The summed E-state index contributed by atoms with van der Waals surface area (Å²) in [4.78, 5) is 4.26. The van der Waals surface area contributed by atoms with Gasteiger partial charge < -0.3 is 9.88 Å². The highest BCUT2D eigenvalue weighted by Crippen LogP contribution is 2.21. The number of nitrogens with one attached hydrogen (secondary N) is 1. The van der Waals surface area contributed by atoms with Crippen molar-refractivity contribution in [2.45, 2.75) is 32.1 Å². The van der Waals surface area contributed by atoms with Gasteiger partial charge in [0.05, 0.1) is 6.54 Å². The van der Waals surface area contributed by atoms with Crippen LogP contribution < -0.4 is 5.32 Å². The molecule has 0 spiro atoms. The van der Waals surface area contributed by atoms with Crippen molar-refractivity contribution in [3.05, 3.63) is 18.2 Å². The van der Waals surface area contributed by atoms with Gasteiger partial charge in [-0.1, -0.05) is 20.8 Å². The average molecular weight is 264 g/mol. The van der Waals surface area contributed by atoms with Gasteiger partial charge >= 0.3 is 0 Å². The van der Waals surface area contributed by atoms with E-state index >= 15 is 0 Å². The van der Waals surface area contributed by atoms with Crippen molar-refractivity contribution >= 4 is 24.2 Å². The summed E-state index contributed by atoms with van der Waals surface area (Å²) in [5, 5.41) is 3.40. The van der Waals surface area contributed by atoms with E-state index in [4.69, 9.17) is 0 Å². The number of thioether (sulfide) groups is 1. The fourth-order valence-electron chi connectivity index (χ4n) is 1.20. The molecule has 5 heteroatoms. The van der Waals surface area contributed by atoms with E-state index in [2.05, 4.69) is 31.1 Å². The van der Waals surface area contributed by atoms with Crippen LogP contribution in [0.4, 0.5) is 0 Å². The van der Waals surface area contributed by atoms with Gasteiger partial charge in [0.1, 0.15) is 5.82 Å². The third-order valence-electron chi connectivity index (χ3n) is 2.02. The minimum absolute atomic E-state index is 0. The van der Waals surface area contributed by atoms with Crippen LogP contribution in [-0.2, 0) is 13.6 Å². The summed E-state index contributed by atoms with van der Waals surface area (Å²) in [6, 6.07) is 0. The molecule has 0 aliphatic carbocycles. The van der Waals surface area contributed by atoms with Gasteiger partial charge in [-0.3, -0.25) is 0 Å². The number of aryl methyl sites for hydroxylation is 1. The van der Waals surface area contributed by atoms with Crippen molar-refractivity contribution in [2.24, 2.45) is 7.05 Å². The Hall–Kier alpha value is -0.190. The number of hydrogen-bond donors (Lipinski definition) is 1. The lowest BCUT2D eigenvalue weighted by Gasteiger charge is -2.17. The minimum atomic E-state index is 0. The molecule has 1 heterocycles. The van der Waals surface area contributed by atoms with Crippen LogP contribution in [0.3, 0.4) is 0 Å². The molecule has 0 saturated heterocycles. The molecule has 16 heavy (non-hydrogen) atoms. The predicted octanol–water partition coefficient (Wildman–Crippen LogP) is 2.46. The lowest BCUT2D eigenvalue weighted by atomic mass is 10.3. The zero-order valence-corrected chi connectivity index (χ0v) is 12.1. The van der Waals surface area contributed by atoms with Crippen LogP contribution in [-0.4, -0.2) is 26.6 Å². The van der Waals surface area contributed by atoms with Gasteiger partial charge in [-0.15, -0.1) is 12.4 Å². The largest absolute Gasteiger partial charge is 0.337 e.